The monoisotopic (exact) mass is 461 g/mol. The average Bonchev–Trinajstić information content (AvgIpc) is 2.66. The van der Waals surface area contributed by atoms with Crippen LogP contribution in [0.2, 0.25) is 0 Å². The Hall–Kier alpha value is -3.14. The Labute approximate surface area is 172 Å². The molecule has 2 amide bonds. The molecule has 0 aromatic carbocycles. The number of amides is 2. The largest absolute Gasteiger partial charge is 0.478 e. The van der Waals surface area contributed by atoms with Gasteiger partial charge < -0.3 is 9.47 Å². The van der Waals surface area contributed by atoms with Gasteiger partial charge in [-0.25, -0.2) is 22.9 Å². The van der Waals surface area contributed by atoms with Gasteiger partial charge in [0.15, 0.2) is 14.9 Å². The van der Waals surface area contributed by atoms with Crippen molar-refractivity contribution >= 4 is 31.8 Å². The highest BCUT2D eigenvalue weighted by Gasteiger charge is 2.26. The standard InChI is InChI=1S/C14H19N7O7S2/c1-5-28-9-7-10(29(23,24)6-2)18-14(17-9)30(25,26)21-12(22)19-11-15-8(3)16-13(20-11)27-4/h7H,5-6H2,1-4H3,(H2,15,16,19,20,21,22). The highest BCUT2D eigenvalue weighted by atomic mass is 32.2. The van der Waals surface area contributed by atoms with Crippen LogP contribution in [-0.4, -0.2) is 67.3 Å². The van der Waals surface area contributed by atoms with Crippen LogP contribution in [0.4, 0.5) is 10.7 Å². The average molecular weight is 461 g/mol. The number of anilines is 1. The third-order valence-corrected chi connectivity index (χ3v) is 5.98. The predicted octanol–water partition coefficient (Wildman–Crippen LogP) is -0.319. The highest BCUT2D eigenvalue weighted by Crippen LogP contribution is 2.18. The fraction of sp³-hybridized carbons (Fsp3) is 0.429. The van der Waals surface area contributed by atoms with Crippen molar-refractivity contribution in [1.29, 1.82) is 0 Å². The van der Waals surface area contributed by atoms with Gasteiger partial charge in [0, 0.05) is 6.07 Å². The van der Waals surface area contributed by atoms with Gasteiger partial charge in [0.05, 0.1) is 19.5 Å². The van der Waals surface area contributed by atoms with Gasteiger partial charge in [0.2, 0.25) is 11.8 Å². The molecule has 0 saturated heterocycles. The van der Waals surface area contributed by atoms with Crippen molar-refractivity contribution in [3.63, 3.8) is 0 Å². The number of sulfonamides is 1. The number of hydrogen-bond acceptors (Lipinski definition) is 12. The number of sulfone groups is 1. The highest BCUT2D eigenvalue weighted by molar-refractivity contribution is 7.91. The van der Waals surface area contributed by atoms with E-state index in [0.717, 1.165) is 6.07 Å². The summed E-state index contributed by atoms with van der Waals surface area (Å²) in [5.41, 5.74) is 0. The molecule has 0 unspecified atom stereocenters. The number of nitrogens with one attached hydrogen (secondary N) is 2. The van der Waals surface area contributed by atoms with E-state index in [4.69, 9.17) is 9.47 Å². The number of aromatic nitrogens is 5. The molecule has 0 aliphatic carbocycles. The van der Waals surface area contributed by atoms with Gasteiger partial charge in [-0.05, 0) is 13.8 Å². The summed E-state index contributed by atoms with van der Waals surface area (Å²) in [5, 5.41) is 0.591. The van der Waals surface area contributed by atoms with Crippen LogP contribution in [0.15, 0.2) is 16.2 Å². The molecule has 2 aromatic heterocycles. The third kappa shape index (κ3) is 5.69. The summed E-state index contributed by atoms with van der Waals surface area (Å²) < 4.78 is 60.9. The molecule has 0 saturated carbocycles. The van der Waals surface area contributed by atoms with Crippen LogP contribution in [-0.2, 0) is 19.9 Å². The molecule has 0 fully saturated rings. The second kappa shape index (κ2) is 9.12. The van der Waals surface area contributed by atoms with E-state index in [9.17, 15) is 21.6 Å². The van der Waals surface area contributed by atoms with E-state index >= 15 is 0 Å². The number of ether oxygens (including phenoxy) is 2. The smallest absolute Gasteiger partial charge is 0.335 e. The molecule has 16 heteroatoms. The van der Waals surface area contributed by atoms with E-state index < -0.39 is 36.1 Å². The lowest BCUT2D eigenvalue weighted by Gasteiger charge is -2.10. The topological polar surface area (TPSA) is 192 Å². The number of rotatable bonds is 8. The van der Waals surface area contributed by atoms with E-state index in [1.165, 1.54) is 21.0 Å². The van der Waals surface area contributed by atoms with Crippen molar-refractivity contribution in [2.24, 2.45) is 0 Å². The number of carbonyl (C=O) groups is 1. The van der Waals surface area contributed by atoms with Gasteiger partial charge in [-0.3, -0.25) is 5.32 Å². The quantitative estimate of drug-likeness (QED) is 0.385. The lowest BCUT2D eigenvalue weighted by atomic mass is 10.6. The summed E-state index contributed by atoms with van der Waals surface area (Å²) in [6.07, 6.45) is 0. The molecule has 0 aliphatic heterocycles. The number of carbonyl (C=O) groups excluding carboxylic acids is 1. The molecule has 30 heavy (non-hydrogen) atoms. The summed E-state index contributed by atoms with van der Waals surface area (Å²) in [6.45, 7) is 4.56. The molecule has 0 spiro atoms. The van der Waals surface area contributed by atoms with Crippen LogP contribution >= 0.6 is 0 Å². The number of nitrogens with zero attached hydrogens (tertiary/aromatic N) is 5. The Balaban J connectivity index is 2.34. The molecule has 0 bridgehead atoms. The Bertz CT molecular complexity index is 1150. The normalized spacial score (nSPS) is 11.6. The molecule has 0 atom stereocenters. The Kier molecular flexibility index (Phi) is 7.04. The molecule has 14 nitrogen and oxygen atoms in total. The predicted molar refractivity (Wildman–Crippen MR) is 101 cm³/mol. The second-order valence-corrected chi connectivity index (χ2v) is 9.22. The zero-order valence-corrected chi connectivity index (χ0v) is 18.0. The van der Waals surface area contributed by atoms with Gasteiger partial charge in [-0.2, -0.15) is 28.4 Å². The second-order valence-electron chi connectivity index (χ2n) is 5.42. The number of hydrogen-bond donors (Lipinski definition) is 2. The van der Waals surface area contributed by atoms with Crippen LogP contribution in [0.3, 0.4) is 0 Å². The van der Waals surface area contributed by atoms with Crippen molar-refractivity contribution in [1.82, 2.24) is 29.6 Å². The Morgan fingerprint density at radius 2 is 1.77 bits per heavy atom. The van der Waals surface area contributed by atoms with Gasteiger partial charge in [0.25, 0.3) is 5.16 Å². The van der Waals surface area contributed by atoms with Crippen molar-refractivity contribution in [2.75, 3.05) is 24.8 Å². The van der Waals surface area contributed by atoms with E-state index in [1.807, 2.05) is 0 Å². The van der Waals surface area contributed by atoms with Crippen LogP contribution < -0.4 is 19.5 Å². The first-order valence-corrected chi connectivity index (χ1v) is 11.5. The van der Waals surface area contributed by atoms with Crippen molar-refractivity contribution in [2.45, 2.75) is 31.0 Å². The number of aryl methyl sites for hydroxylation is 1. The van der Waals surface area contributed by atoms with Crippen LogP contribution in [0.1, 0.15) is 19.7 Å². The summed E-state index contributed by atoms with van der Waals surface area (Å²) >= 11 is 0. The molecule has 0 radical (unpaired) electrons. The minimum Gasteiger partial charge on any atom is -0.478 e. The molecule has 2 aromatic rings. The van der Waals surface area contributed by atoms with Gasteiger partial charge in [0.1, 0.15) is 5.82 Å². The minimum absolute atomic E-state index is 0.0938. The lowest BCUT2D eigenvalue weighted by Crippen LogP contribution is -2.36. The lowest BCUT2D eigenvalue weighted by molar-refractivity contribution is 0.256. The van der Waals surface area contributed by atoms with Gasteiger partial charge >= 0.3 is 22.1 Å². The van der Waals surface area contributed by atoms with Gasteiger partial charge in [-0.1, -0.05) is 6.92 Å². The van der Waals surface area contributed by atoms with Crippen molar-refractivity contribution < 1.29 is 31.1 Å². The zero-order chi connectivity index (χ0) is 22.5. The molecule has 2 heterocycles. The van der Waals surface area contributed by atoms with Gasteiger partial charge in [-0.15, -0.1) is 0 Å². The maximum Gasteiger partial charge on any atom is 0.335 e. The number of urea groups is 1. The summed E-state index contributed by atoms with van der Waals surface area (Å²) in [6, 6.07) is -0.336. The summed E-state index contributed by atoms with van der Waals surface area (Å²) in [4.78, 5) is 30.7. The number of methoxy groups -OCH3 is 1. The molecule has 2 rings (SSSR count). The molecular weight excluding hydrogens is 442 g/mol. The van der Waals surface area contributed by atoms with Crippen LogP contribution in [0.5, 0.6) is 11.9 Å². The fourth-order valence-corrected chi connectivity index (χ4v) is 3.61. The van der Waals surface area contributed by atoms with E-state index in [1.54, 1.807) is 11.6 Å². The first-order chi connectivity index (χ1) is 14.0. The Morgan fingerprint density at radius 1 is 1.07 bits per heavy atom. The van der Waals surface area contributed by atoms with E-state index in [0.29, 0.717) is 0 Å². The van der Waals surface area contributed by atoms with Crippen LogP contribution in [0, 0.1) is 6.92 Å². The first kappa shape index (κ1) is 23.1. The molecule has 2 N–H and O–H groups in total. The van der Waals surface area contributed by atoms with Crippen LogP contribution in [0.25, 0.3) is 0 Å². The fourth-order valence-electron chi connectivity index (χ4n) is 1.93. The SMILES string of the molecule is CCOc1cc(S(=O)(=O)CC)nc(S(=O)(=O)NC(=O)Nc2nc(C)nc(OC)n2)n1. The molecular formula is C14H19N7O7S2. The van der Waals surface area contributed by atoms with E-state index in [-0.39, 0.29) is 36.0 Å². The third-order valence-electron chi connectivity index (χ3n) is 3.25. The minimum atomic E-state index is -4.67. The maximum atomic E-state index is 12.5. The molecule has 0 aliphatic rings. The summed E-state index contributed by atoms with van der Waals surface area (Å²) in [7, 11) is -7.25. The first-order valence-electron chi connectivity index (χ1n) is 8.35. The van der Waals surface area contributed by atoms with E-state index in [2.05, 4.69) is 30.2 Å². The Morgan fingerprint density at radius 3 is 2.37 bits per heavy atom. The van der Waals surface area contributed by atoms with Crippen molar-refractivity contribution in [3.05, 3.63) is 11.9 Å². The van der Waals surface area contributed by atoms with Crippen molar-refractivity contribution in [3.8, 4) is 11.9 Å². The molecule has 164 valence electrons. The zero-order valence-electron chi connectivity index (χ0n) is 16.4. The summed E-state index contributed by atoms with van der Waals surface area (Å²) in [5.74, 6) is -0.672. The maximum absolute atomic E-state index is 12.5.